The van der Waals surface area contributed by atoms with Crippen molar-refractivity contribution in [3.8, 4) is 11.5 Å². The van der Waals surface area contributed by atoms with Gasteiger partial charge in [-0.15, -0.1) is 0 Å². The molecule has 0 radical (unpaired) electrons. The first-order valence-corrected chi connectivity index (χ1v) is 7.71. The fraction of sp³-hybridized carbons (Fsp3) is 0.368. The van der Waals surface area contributed by atoms with Crippen LogP contribution in [-0.2, 0) is 5.41 Å². The lowest BCUT2D eigenvalue weighted by Gasteiger charge is -2.19. The molecule has 2 aromatic rings. The second kappa shape index (κ2) is 5.53. The molecular formula is C19H23NO. The summed E-state index contributed by atoms with van der Waals surface area (Å²) < 4.78 is 5.97. The molecule has 1 aliphatic rings. The first-order valence-electron chi connectivity index (χ1n) is 7.71. The zero-order valence-corrected chi connectivity index (χ0v) is 13.0. The minimum absolute atomic E-state index is 0.230. The van der Waals surface area contributed by atoms with E-state index >= 15 is 0 Å². The van der Waals surface area contributed by atoms with Crippen molar-refractivity contribution in [3.63, 3.8) is 0 Å². The van der Waals surface area contributed by atoms with E-state index in [0.29, 0.717) is 6.04 Å². The molecule has 0 amide bonds. The molecule has 0 spiro atoms. The maximum atomic E-state index is 5.97. The lowest BCUT2D eigenvalue weighted by Crippen LogP contribution is -2.20. The maximum absolute atomic E-state index is 5.97. The van der Waals surface area contributed by atoms with Gasteiger partial charge in [-0.25, -0.2) is 0 Å². The number of hydrogen-bond donors (Lipinski definition) is 1. The highest BCUT2D eigenvalue weighted by Crippen LogP contribution is 2.45. The highest BCUT2D eigenvalue weighted by molar-refractivity contribution is 5.46. The van der Waals surface area contributed by atoms with Crippen molar-refractivity contribution in [1.29, 1.82) is 0 Å². The summed E-state index contributed by atoms with van der Waals surface area (Å²) in [6.07, 6.45) is 1.14. The van der Waals surface area contributed by atoms with E-state index in [0.717, 1.165) is 24.5 Å². The minimum atomic E-state index is 0.230. The van der Waals surface area contributed by atoms with Crippen LogP contribution in [0, 0.1) is 0 Å². The van der Waals surface area contributed by atoms with Crippen molar-refractivity contribution in [2.75, 3.05) is 6.54 Å². The standard InChI is InChI=1S/C19H23NO/c1-4-20-18-13-19(2,3)17-11-10-15(12-16(17)18)21-14-8-6-5-7-9-14/h5-12,18,20H,4,13H2,1-3H3. The molecule has 0 aromatic heterocycles. The molecule has 0 heterocycles. The predicted octanol–water partition coefficient (Wildman–Crippen LogP) is 4.81. The molecule has 1 unspecified atom stereocenters. The zero-order chi connectivity index (χ0) is 14.9. The van der Waals surface area contributed by atoms with Gasteiger partial charge in [0.15, 0.2) is 0 Å². The molecule has 1 N–H and O–H groups in total. The van der Waals surface area contributed by atoms with Crippen LogP contribution in [0.2, 0.25) is 0 Å². The molecule has 2 heteroatoms. The highest BCUT2D eigenvalue weighted by atomic mass is 16.5. The van der Waals surface area contributed by atoms with Crippen LogP contribution in [0.15, 0.2) is 48.5 Å². The quantitative estimate of drug-likeness (QED) is 0.868. The third-order valence-corrected chi connectivity index (χ3v) is 4.27. The number of rotatable bonds is 4. The molecular weight excluding hydrogens is 258 g/mol. The smallest absolute Gasteiger partial charge is 0.127 e. The van der Waals surface area contributed by atoms with Gasteiger partial charge in [-0.1, -0.05) is 45.0 Å². The third kappa shape index (κ3) is 2.81. The number of fused-ring (bicyclic) bond motifs is 1. The second-order valence-corrected chi connectivity index (χ2v) is 6.36. The summed E-state index contributed by atoms with van der Waals surface area (Å²) in [5.74, 6) is 1.80. The van der Waals surface area contributed by atoms with Crippen LogP contribution in [0.25, 0.3) is 0 Å². The summed E-state index contributed by atoms with van der Waals surface area (Å²) in [6, 6.07) is 16.9. The molecule has 0 saturated carbocycles. The number of benzene rings is 2. The Kier molecular flexibility index (Phi) is 3.73. The van der Waals surface area contributed by atoms with E-state index < -0.39 is 0 Å². The number of ether oxygens (including phenoxy) is 1. The van der Waals surface area contributed by atoms with Crippen molar-refractivity contribution in [2.24, 2.45) is 0 Å². The first-order chi connectivity index (χ1) is 10.1. The molecule has 2 nitrogen and oxygen atoms in total. The van der Waals surface area contributed by atoms with Crippen molar-refractivity contribution < 1.29 is 4.74 Å². The molecule has 0 aliphatic heterocycles. The van der Waals surface area contributed by atoms with E-state index in [1.807, 2.05) is 30.3 Å². The summed E-state index contributed by atoms with van der Waals surface area (Å²) in [6.45, 7) is 7.79. The average Bonchev–Trinajstić information content (AvgIpc) is 2.71. The summed E-state index contributed by atoms with van der Waals surface area (Å²) in [5, 5.41) is 3.59. The predicted molar refractivity (Wildman–Crippen MR) is 87.0 cm³/mol. The lowest BCUT2D eigenvalue weighted by molar-refractivity contribution is 0.433. The Balaban J connectivity index is 1.91. The van der Waals surface area contributed by atoms with E-state index in [1.165, 1.54) is 11.1 Å². The highest BCUT2D eigenvalue weighted by Gasteiger charge is 2.36. The van der Waals surface area contributed by atoms with Crippen molar-refractivity contribution in [1.82, 2.24) is 5.32 Å². The molecule has 1 aliphatic carbocycles. The fourth-order valence-electron chi connectivity index (χ4n) is 3.29. The Morgan fingerprint density at radius 1 is 1.10 bits per heavy atom. The van der Waals surface area contributed by atoms with Gasteiger partial charge < -0.3 is 10.1 Å². The van der Waals surface area contributed by atoms with Crippen LogP contribution in [0.3, 0.4) is 0 Å². The topological polar surface area (TPSA) is 21.3 Å². The van der Waals surface area contributed by atoms with Crippen LogP contribution >= 0.6 is 0 Å². The Bertz CT molecular complexity index is 619. The summed E-state index contributed by atoms with van der Waals surface area (Å²) in [4.78, 5) is 0. The van der Waals surface area contributed by atoms with Crippen molar-refractivity contribution in [3.05, 3.63) is 59.7 Å². The van der Waals surface area contributed by atoms with Crippen LogP contribution in [0.5, 0.6) is 11.5 Å². The number of nitrogens with one attached hydrogen (secondary N) is 1. The second-order valence-electron chi connectivity index (χ2n) is 6.36. The summed E-state index contributed by atoms with van der Waals surface area (Å²) in [5.41, 5.74) is 3.05. The van der Waals surface area contributed by atoms with Gasteiger partial charge in [0.2, 0.25) is 0 Å². The zero-order valence-electron chi connectivity index (χ0n) is 13.0. The van der Waals surface area contributed by atoms with Gasteiger partial charge in [0.1, 0.15) is 11.5 Å². The van der Waals surface area contributed by atoms with Gasteiger partial charge in [0.05, 0.1) is 0 Å². The first kappa shape index (κ1) is 14.2. The number of para-hydroxylation sites is 1. The van der Waals surface area contributed by atoms with Crippen molar-refractivity contribution >= 4 is 0 Å². The molecule has 0 bridgehead atoms. The van der Waals surface area contributed by atoms with Crippen LogP contribution < -0.4 is 10.1 Å². The van der Waals surface area contributed by atoms with Gasteiger partial charge in [-0.05, 0) is 53.8 Å². The monoisotopic (exact) mass is 281 g/mol. The molecule has 0 saturated heterocycles. The lowest BCUT2D eigenvalue weighted by atomic mass is 9.86. The number of hydrogen-bond acceptors (Lipinski definition) is 2. The Labute approximate surface area is 127 Å². The Morgan fingerprint density at radius 2 is 1.86 bits per heavy atom. The third-order valence-electron chi connectivity index (χ3n) is 4.27. The Morgan fingerprint density at radius 3 is 2.57 bits per heavy atom. The Hall–Kier alpha value is -1.80. The van der Waals surface area contributed by atoms with Crippen LogP contribution in [-0.4, -0.2) is 6.54 Å². The van der Waals surface area contributed by atoms with Crippen LogP contribution in [0.1, 0.15) is 44.4 Å². The van der Waals surface area contributed by atoms with Gasteiger partial charge >= 0.3 is 0 Å². The molecule has 1 atom stereocenters. The summed E-state index contributed by atoms with van der Waals surface area (Å²) >= 11 is 0. The minimum Gasteiger partial charge on any atom is -0.457 e. The van der Waals surface area contributed by atoms with E-state index in [4.69, 9.17) is 4.74 Å². The van der Waals surface area contributed by atoms with Crippen LogP contribution in [0.4, 0.5) is 0 Å². The van der Waals surface area contributed by atoms with Gasteiger partial charge in [-0.3, -0.25) is 0 Å². The SMILES string of the molecule is CCNC1CC(C)(C)c2ccc(Oc3ccccc3)cc21. The van der Waals surface area contributed by atoms with E-state index in [1.54, 1.807) is 0 Å². The van der Waals surface area contributed by atoms with E-state index in [9.17, 15) is 0 Å². The van der Waals surface area contributed by atoms with Crippen molar-refractivity contribution in [2.45, 2.75) is 38.6 Å². The molecule has 110 valence electrons. The van der Waals surface area contributed by atoms with Gasteiger partial charge in [0.25, 0.3) is 0 Å². The largest absolute Gasteiger partial charge is 0.457 e. The molecule has 2 aromatic carbocycles. The normalized spacial score (nSPS) is 19.3. The molecule has 21 heavy (non-hydrogen) atoms. The van der Waals surface area contributed by atoms with E-state index in [2.05, 4.69) is 44.3 Å². The van der Waals surface area contributed by atoms with Gasteiger partial charge in [0, 0.05) is 6.04 Å². The van der Waals surface area contributed by atoms with Gasteiger partial charge in [-0.2, -0.15) is 0 Å². The average molecular weight is 281 g/mol. The van der Waals surface area contributed by atoms with E-state index in [-0.39, 0.29) is 5.41 Å². The molecule has 3 rings (SSSR count). The summed E-state index contributed by atoms with van der Waals surface area (Å²) in [7, 11) is 0. The fourth-order valence-corrected chi connectivity index (χ4v) is 3.29. The maximum Gasteiger partial charge on any atom is 0.127 e. The molecule has 0 fully saturated rings.